The molecule has 1 saturated heterocycles. The van der Waals surface area contributed by atoms with E-state index in [1.165, 1.54) is 0 Å². The minimum Gasteiger partial charge on any atom is -0.380 e. The van der Waals surface area contributed by atoms with Crippen LogP contribution in [0.25, 0.3) is 0 Å². The van der Waals surface area contributed by atoms with Crippen LogP contribution in [-0.4, -0.2) is 38.3 Å². The second kappa shape index (κ2) is 8.12. The molecule has 116 valence electrons. The van der Waals surface area contributed by atoms with Crippen LogP contribution in [0.2, 0.25) is 0 Å². The van der Waals surface area contributed by atoms with E-state index in [0.717, 1.165) is 24.1 Å². The lowest BCUT2D eigenvalue weighted by atomic mass is 10.1. The SMILES string of the molecule is CCOCc1ccccc1CNC(=O)C1CC(OC)CN1. The van der Waals surface area contributed by atoms with Crippen molar-refractivity contribution < 1.29 is 14.3 Å². The van der Waals surface area contributed by atoms with Crippen LogP contribution in [0.3, 0.4) is 0 Å². The van der Waals surface area contributed by atoms with Gasteiger partial charge in [0.2, 0.25) is 5.91 Å². The average Bonchev–Trinajstić information content (AvgIpc) is 3.00. The van der Waals surface area contributed by atoms with Crippen LogP contribution in [0.15, 0.2) is 24.3 Å². The highest BCUT2D eigenvalue weighted by Crippen LogP contribution is 2.12. The summed E-state index contributed by atoms with van der Waals surface area (Å²) in [4.78, 5) is 12.1. The first-order valence-corrected chi connectivity index (χ1v) is 7.43. The number of benzene rings is 1. The Labute approximate surface area is 126 Å². The number of carbonyl (C=O) groups excluding carboxylic acids is 1. The molecule has 21 heavy (non-hydrogen) atoms. The molecule has 0 aromatic heterocycles. The van der Waals surface area contributed by atoms with Crippen LogP contribution < -0.4 is 10.6 Å². The van der Waals surface area contributed by atoms with Gasteiger partial charge in [-0.2, -0.15) is 0 Å². The van der Waals surface area contributed by atoms with Gasteiger partial charge in [0.1, 0.15) is 0 Å². The largest absolute Gasteiger partial charge is 0.380 e. The fraction of sp³-hybridized carbons (Fsp3) is 0.562. The molecule has 2 atom stereocenters. The third-order valence-electron chi connectivity index (χ3n) is 3.77. The molecule has 1 amide bonds. The van der Waals surface area contributed by atoms with Gasteiger partial charge in [0.15, 0.2) is 0 Å². The lowest BCUT2D eigenvalue weighted by Gasteiger charge is -2.13. The monoisotopic (exact) mass is 292 g/mol. The predicted octanol–water partition coefficient (Wildman–Crippen LogP) is 1.22. The first-order chi connectivity index (χ1) is 10.2. The Kier molecular flexibility index (Phi) is 6.17. The van der Waals surface area contributed by atoms with Crippen LogP contribution in [0.4, 0.5) is 0 Å². The summed E-state index contributed by atoms with van der Waals surface area (Å²) in [7, 11) is 1.68. The summed E-state index contributed by atoms with van der Waals surface area (Å²) in [5, 5.41) is 6.17. The molecule has 1 aliphatic heterocycles. The number of carbonyl (C=O) groups is 1. The van der Waals surface area contributed by atoms with Crippen molar-refractivity contribution in [1.82, 2.24) is 10.6 Å². The molecule has 1 aliphatic rings. The molecular weight excluding hydrogens is 268 g/mol. The number of hydrogen-bond donors (Lipinski definition) is 2. The highest BCUT2D eigenvalue weighted by atomic mass is 16.5. The second-order valence-corrected chi connectivity index (χ2v) is 5.18. The first kappa shape index (κ1) is 15.9. The number of nitrogens with one attached hydrogen (secondary N) is 2. The Bertz CT molecular complexity index is 465. The Morgan fingerprint density at radius 2 is 2.14 bits per heavy atom. The lowest BCUT2D eigenvalue weighted by Crippen LogP contribution is -2.40. The van der Waals surface area contributed by atoms with Gasteiger partial charge in [-0.15, -0.1) is 0 Å². The summed E-state index contributed by atoms with van der Waals surface area (Å²) in [5.41, 5.74) is 2.22. The summed E-state index contributed by atoms with van der Waals surface area (Å²) in [6, 6.07) is 7.86. The molecule has 1 fully saturated rings. The molecule has 2 rings (SSSR count). The molecule has 0 aliphatic carbocycles. The van der Waals surface area contributed by atoms with Crippen LogP contribution in [0.1, 0.15) is 24.5 Å². The predicted molar refractivity (Wildman–Crippen MR) is 80.8 cm³/mol. The highest BCUT2D eigenvalue weighted by molar-refractivity contribution is 5.82. The Hall–Kier alpha value is -1.43. The zero-order chi connectivity index (χ0) is 15.1. The molecule has 0 saturated carbocycles. The maximum Gasteiger partial charge on any atom is 0.237 e. The number of rotatable bonds is 7. The van der Waals surface area contributed by atoms with Crippen LogP contribution >= 0.6 is 0 Å². The van der Waals surface area contributed by atoms with Crippen LogP contribution in [-0.2, 0) is 27.4 Å². The van der Waals surface area contributed by atoms with E-state index in [1.54, 1.807) is 7.11 Å². The average molecular weight is 292 g/mol. The van der Waals surface area contributed by atoms with E-state index in [-0.39, 0.29) is 18.1 Å². The third-order valence-corrected chi connectivity index (χ3v) is 3.77. The van der Waals surface area contributed by atoms with Crippen molar-refractivity contribution in [2.24, 2.45) is 0 Å². The van der Waals surface area contributed by atoms with Crippen LogP contribution in [0, 0.1) is 0 Å². The van der Waals surface area contributed by atoms with Crippen molar-refractivity contribution in [2.45, 2.75) is 38.6 Å². The Morgan fingerprint density at radius 3 is 2.81 bits per heavy atom. The number of amides is 1. The number of hydrogen-bond acceptors (Lipinski definition) is 4. The van der Waals surface area contributed by atoms with E-state index in [2.05, 4.69) is 10.6 Å². The van der Waals surface area contributed by atoms with E-state index in [0.29, 0.717) is 19.8 Å². The molecule has 2 N–H and O–H groups in total. The number of ether oxygens (including phenoxy) is 2. The van der Waals surface area contributed by atoms with Crippen molar-refractivity contribution in [3.63, 3.8) is 0 Å². The summed E-state index contributed by atoms with van der Waals surface area (Å²) in [6.07, 6.45) is 0.856. The van der Waals surface area contributed by atoms with Gasteiger partial charge in [-0.1, -0.05) is 24.3 Å². The first-order valence-electron chi connectivity index (χ1n) is 7.43. The maximum absolute atomic E-state index is 12.1. The van der Waals surface area contributed by atoms with Crippen molar-refractivity contribution in [3.05, 3.63) is 35.4 Å². The fourth-order valence-corrected chi connectivity index (χ4v) is 2.47. The topological polar surface area (TPSA) is 59.6 Å². The zero-order valence-electron chi connectivity index (χ0n) is 12.7. The van der Waals surface area contributed by atoms with E-state index < -0.39 is 0 Å². The highest BCUT2D eigenvalue weighted by Gasteiger charge is 2.28. The summed E-state index contributed by atoms with van der Waals surface area (Å²) in [6.45, 7) is 4.50. The van der Waals surface area contributed by atoms with E-state index in [1.807, 2.05) is 31.2 Å². The van der Waals surface area contributed by atoms with E-state index in [9.17, 15) is 4.79 Å². The number of methoxy groups -OCH3 is 1. The van der Waals surface area contributed by atoms with Gasteiger partial charge in [0, 0.05) is 26.8 Å². The molecule has 1 heterocycles. The molecule has 1 aromatic rings. The molecular formula is C16H24N2O3. The van der Waals surface area contributed by atoms with Crippen molar-refractivity contribution in [1.29, 1.82) is 0 Å². The van der Waals surface area contributed by atoms with Gasteiger partial charge < -0.3 is 20.1 Å². The van der Waals surface area contributed by atoms with E-state index >= 15 is 0 Å². The van der Waals surface area contributed by atoms with Crippen LogP contribution in [0.5, 0.6) is 0 Å². The van der Waals surface area contributed by atoms with Gasteiger partial charge in [-0.05, 0) is 24.5 Å². The fourth-order valence-electron chi connectivity index (χ4n) is 2.47. The molecule has 1 aromatic carbocycles. The summed E-state index contributed by atoms with van der Waals surface area (Å²) >= 11 is 0. The van der Waals surface area contributed by atoms with Gasteiger partial charge >= 0.3 is 0 Å². The normalized spacial score (nSPS) is 21.4. The quantitative estimate of drug-likeness (QED) is 0.793. The van der Waals surface area contributed by atoms with Crippen molar-refractivity contribution in [2.75, 3.05) is 20.3 Å². The van der Waals surface area contributed by atoms with Gasteiger partial charge in [0.05, 0.1) is 18.8 Å². The van der Waals surface area contributed by atoms with Crippen molar-refractivity contribution in [3.8, 4) is 0 Å². The third kappa shape index (κ3) is 4.52. The minimum atomic E-state index is -0.158. The second-order valence-electron chi connectivity index (χ2n) is 5.18. The van der Waals surface area contributed by atoms with E-state index in [4.69, 9.17) is 9.47 Å². The van der Waals surface area contributed by atoms with Crippen molar-refractivity contribution >= 4 is 5.91 Å². The van der Waals surface area contributed by atoms with Gasteiger partial charge in [-0.25, -0.2) is 0 Å². The summed E-state index contributed by atoms with van der Waals surface area (Å²) in [5.74, 6) is 0.0285. The minimum absolute atomic E-state index is 0.0285. The standard InChI is InChI=1S/C16H24N2O3/c1-3-21-11-13-7-5-4-6-12(13)9-18-16(19)15-8-14(20-2)10-17-15/h4-7,14-15,17H,3,8-11H2,1-2H3,(H,18,19). The van der Waals surface area contributed by atoms with Gasteiger partial charge in [-0.3, -0.25) is 4.79 Å². The lowest BCUT2D eigenvalue weighted by molar-refractivity contribution is -0.123. The zero-order valence-corrected chi connectivity index (χ0v) is 12.7. The molecule has 5 heteroatoms. The molecule has 0 radical (unpaired) electrons. The molecule has 0 spiro atoms. The smallest absolute Gasteiger partial charge is 0.237 e. The summed E-state index contributed by atoms with van der Waals surface area (Å²) < 4.78 is 10.7. The Balaban J connectivity index is 1.86. The molecule has 5 nitrogen and oxygen atoms in total. The maximum atomic E-state index is 12.1. The molecule has 0 bridgehead atoms. The molecule has 2 unspecified atom stereocenters. The Morgan fingerprint density at radius 1 is 1.38 bits per heavy atom. The van der Waals surface area contributed by atoms with Gasteiger partial charge in [0.25, 0.3) is 0 Å².